The molecule has 0 bridgehead atoms. The molecule has 0 aliphatic heterocycles. The molecule has 0 saturated heterocycles. The summed E-state index contributed by atoms with van der Waals surface area (Å²) in [6.07, 6.45) is 0. The third kappa shape index (κ3) is 1.79. The van der Waals surface area contributed by atoms with E-state index in [0.29, 0.717) is 16.7 Å². The van der Waals surface area contributed by atoms with Gasteiger partial charge in [0.25, 0.3) is 0 Å². The number of benzene rings is 2. The maximum Gasteiger partial charge on any atom is 0.336 e. The van der Waals surface area contributed by atoms with E-state index in [1.54, 1.807) is 30.3 Å². The van der Waals surface area contributed by atoms with Crippen LogP contribution in [0.25, 0.3) is 11.1 Å². The molecule has 0 fully saturated rings. The summed E-state index contributed by atoms with van der Waals surface area (Å²) in [6, 6.07) is 11.1. The van der Waals surface area contributed by atoms with E-state index in [9.17, 15) is 19.5 Å². The number of hydrogen-bond acceptors (Lipinski definition) is 5. The highest BCUT2D eigenvalue weighted by atomic mass is 16.5. The quantitative estimate of drug-likeness (QED) is 0.685. The zero-order valence-corrected chi connectivity index (χ0v) is 13.0. The van der Waals surface area contributed by atoms with Crippen molar-refractivity contribution in [2.24, 2.45) is 0 Å². The van der Waals surface area contributed by atoms with Gasteiger partial charge >= 0.3 is 17.9 Å². The molecular weight excluding hydrogens is 312 g/mol. The monoisotopic (exact) mass is 326 g/mol. The minimum atomic E-state index is -1.83. The van der Waals surface area contributed by atoms with Crippen molar-refractivity contribution < 1.29 is 29.0 Å². The number of esters is 2. The number of hydrogen-bond donors (Lipinski definition) is 1. The fourth-order valence-corrected chi connectivity index (χ4v) is 3.34. The summed E-state index contributed by atoms with van der Waals surface area (Å²) in [5, 5.41) is 9.50. The number of fused-ring (bicyclic) bond motifs is 3. The highest BCUT2D eigenvalue weighted by Gasteiger charge is 2.58. The lowest BCUT2D eigenvalue weighted by Gasteiger charge is -2.25. The van der Waals surface area contributed by atoms with E-state index < -0.39 is 23.3 Å². The molecule has 0 radical (unpaired) electrons. The first-order valence-corrected chi connectivity index (χ1v) is 7.13. The first-order chi connectivity index (χ1) is 11.5. The Morgan fingerprint density at radius 1 is 0.875 bits per heavy atom. The summed E-state index contributed by atoms with van der Waals surface area (Å²) < 4.78 is 9.77. The second-order valence-corrected chi connectivity index (χ2v) is 5.31. The summed E-state index contributed by atoms with van der Waals surface area (Å²) in [6.45, 7) is 0. The van der Waals surface area contributed by atoms with Gasteiger partial charge in [0, 0.05) is 5.56 Å². The molecular formula is C18H14O6. The first-order valence-electron chi connectivity index (χ1n) is 7.13. The fourth-order valence-electron chi connectivity index (χ4n) is 3.34. The number of carboxylic acid groups (broad SMARTS) is 1. The molecule has 1 aliphatic rings. The third-order valence-electron chi connectivity index (χ3n) is 4.28. The van der Waals surface area contributed by atoms with Gasteiger partial charge in [-0.1, -0.05) is 36.4 Å². The topological polar surface area (TPSA) is 89.9 Å². The molecule has 0 atom stereocenters. The van der Waals surface area contributed by atoms with Crippen LogP contribution in [0.5, 0.6) is 0 Å². The predicted octanol–water partition coefficient (Wildman–Crippen LogP) is 2.00. The van der Waals surface area contributed by atoms with E-state index in [1.165, 1.54) is 26.4 Å². The Balaban J connectivity index is 2.51. The van der Waals surface area contributed by atoms with Gasteiger partial charge in [-0.3, -0.25) is 9.59 Å². The average molecular weight is 326 g/mol. The molecule has 3 rings (SSSR count). The Labute approximate surface area is 137 Å². The molecule has 2 aromatic carbocycles. The molecule has 0 unspecified atom stereocenters. The second kappa shape index (κ2) is 5.49. The number of ether oxygens (including phenoxy) is 2. The van der Waals surface area contributed by atoms with Gasteiger partial charge in [0.2, 0.25) is 5.41 Å². The minimum Gasteiger partial charge on any atom is -0.478 e. The fraction of sp³-hybridized carbons (Fsp3) is 0.167. The van der Waals surface area contributed by atoms with E-state index in [-0.39, 0.29) is 11.1 Å². The van der Waals surface area contributed by atoms with E-state index in [2.05, 4.69) is 0 Å². The van der Waals surface area contributed by atoms with Gasteiger partial charge in [-0.2, -0.15) is 0 Å². The van der Waals surface area contributed by atoms with Gasteiger partial charge in [-0.15, -0.1) is 0 Å². The zero-order valence-electron chi connectivity index (χ0n) is 13.0. The number of carbonyl (C=O) groups excluding carboxylic acids is 2. The highest BCUT2D eigenvalue weighted by Crippen LogP contribution is 2.51. The molecule has 6 heteroatoms. The van der Waals surface area contributed by atoms with Gasteiger partial charge in [0.05, 0.1) is 19.8 Å². The van der Waals surface area contributed by atoms with Crippen LogP contribution in [0.15, 0.2) is 42.5 Å². The molecule has 1 N–H and O–H groups in total. The van der Waals surface area contributed by atoms with Gasteiger partial charge in [-0.05, 0) is 22.8 Å². The molecule has 122 valence electrons. The molecule has 0 spiro atoms. The van der Waals surface area contributed by atoms with Gasteiger partial charge in [-0.25, -0.2) is 4.79 Å². The van der Waals surface area contributed by atoms with Crippen LogP contribution in [0.1, 0.15) is 21.5 Å². The minimum absolute atomic E-state index is 0.00892. The van der Waals surface area contributed by atoms with Crippen molar-refractivity contribution in [3.8, 4) is 11.1 Å². The molecule has 2 aromatic rings. The van der Waals surface area contributed by atoms with Crippen molar-refractivity contribution in [3.63, 3.8) is 0 Å². The van der Waals surface area contributed by atoms with Crippen molar-refractivity contribution in [1.82, 2.24) is 0 Å². The number of rotatable bonds is 3. The number of carbonyl (C=O) groups is 3. The van der Waals surface area contributed by atoms with E-state index in [4.69, 9.17) is 9.47 Å². The molecule has 0 heterocycles. The number of methoxy groups -OCH3 is 2. The van der Waals surface area contributed by atoms with Crippen LogP contribution < -0.4 is 0 Å². The van der Waals surface area contributed by atoms with Crippen LogP contribution in [0, 0.1) is 0 Å². The second-order valence-electron chi connectivity index (χ2n) is 5.31. The lowest BCUT2D eigenvalue weighted by atomic mass is 9.78. The van der Waals surface area contributed by atoms with Crippen molar-refractivity contribution in [3.05, 3.63) is 59.2 Å². The average Bonchev–Trinajstić information content (AvgIpc) is 2.91. The SMILES string of the molecule is COC(=O)C1(C(=O)OC)c2ccccc2-c2c(C(=O)O)cccc21. The molecule has 0 aromatic heterocycles. The smallest absolute Gasteiger partial charge is 0.336 e. The summed E-state index contributed by atoms with van der Waals surface area (Å²) in [7, 11) is 2.35. The Kier molecular flexibility index (Phi) is 3.60. The number of aromatic carboxylic acids is 1. The lowest BCUT2D eigenvalue weighted by molar-refractivity contribution is -0.159. The van der Waals surface area contributed by atoms with Crippen molar-refractivity contribution in [2.75, 3.05) is 14.2 Å². The van der Waals surface area contributed by atoms with Gasteiger partial charge in [0.1, 0.15) is 0 Å². The highest BCUT2D eigenvalue weighted by molar-refractivity contribution is 6.17. The maximum absolute atomic E-state index is 12.7. The molecule has 0 amide bonds. The normalized spacial score (nSPS) is 13.6. The predicted molar refractivity (Wildman–Crippen MR) is 83.6 cm³/mol. The molecule has 6 nitrogen and oxygen atoms in total. The Morgan fingerprint density at radius 3 is 2.04 bits per heavy atom. The van der Waals surface area contributed by atoms with E-state index >= 15 is 0 Å². The lowest BCUT2D eigenvalue weighted by Crippen LogP contribution is -2.45. The van der Waals surface area contributed by atoms with Crippen LogP contribution in [-0.2, 0) is 24.5 Å². The van der Waals surface area contributed by atoms with Gasteiger partial charge in [0.15, 0.2) is 0 Å². The number of carboxylic acids is 1. The maximum atomic E-state index is 12.7. The molecule has 1 aliphatic carbocycles. The van der Waals surface area contributed by atoms with Crippen LogP contribution in [0.4, 0.5) is 0 Å². The first kappa shape index (κ1) is 15.7. The Bertz CT molecular complexity index is 852. The Morgan fingerprint density at radius 2 is 1.46 bits per heavy atom. The Hall–Kier alpha value is -3.15. The summed E-state index contributed by atoms with van der Waals surface area (Å²) in [5.74, 6) is -2.78. The third-order valence-corrected chi connectivity index (χ3v) is 4.28. The summed E-state index contributed by atoms with van der Waals surface area (Å²) >= 11 is 0. The van der Waals surface area contributed by atoms with Crippen molar-refractivity contribution in [2.45, 2.75) is 5.41 Å². The van der Waals surface area contributed by atoms with E-state index in [0.717, 1.165) is 0 Å². The van der Waals surface area contributed by atoms with Crippen LogP contribution in [0.3, 0.4) is 0 Å². The zero-order chi connectivity index (χ0) is 17.5. The van der Waals surface area contributed by atoms with E-state index in [1.807, 2.05) is 0 Å². The van der Waals surface area contributed by atoms with Crippen LogP contribution >= 0.6 is 0 Å². The molecule has 24 heavy (non-hydrogen) atoms. The van der Waals surface area contributed by atoms with Crippen LogP contribution in [0.2, 0.25) is 0 Å². The standard InChI is InChI=1S/C18H14O6/c1-23-16(21)18(17(22)24-2)12-8-4-3-6-10(12)14-11(15(19)20)7-5-9-13(14)18/h3-9H,1-2H3,(H,19,20). The van der Waals surface area contributed by atoms with Gasteiger partial charge < -0.3 is 14.6 Å². The largest absolute Gasteiger partial charge is 0.478 e. The van der Waals surface area contributed by atoms with Crippen molar-refractivity contribution in [1.29, 1.82) is 0 Å². The van der Waals surface area contributed by atoms with Crippen molar-refractivity contribution >= 4 is 17.9 Å². The molecule has 0 saturated carbocycles. The summed E-state index contributed by atoms with van der Waals surface area (Å²) in [5.41, 5.74) is -0.386. The van der Waals surface area contributed by atoms with Crippen LogP contribution in [-0.4, -0.2) is 37.2 Å². The summed E-state index contributed by atoms with van der Waals surface area (Å²) in [4.78, 5) is 37.0.